The van der Waals surface area contributed by atoms with E-state index in [1.165, 1.54) is 7.11 Å². The lowest BCUT2D eigenvalue weighted by atomic mass is 10.2. The largest absolute Gasteiger partial charge is 0.468 e. The van der Waals surface area contributed by atoms with Gasteiger partial charge in [0.05, 0.1) is 13.7 Å². The molecule has 1 N–H and O–H groups in total. The molecular weight excluding hydrogens is 210 g/mol. The number of esters is 1. The summed E-state index contributed by atoms with van der Waals surface area (Å²) in [7, 11) is 3.03. The fourth-order valence-electron chi connectivity index (χ4n) is 1.24. The minimum Gasteiger partial charge on any atom is -0.468 e. The molecule has 5 heteroatoms. The summed E-state index contributed by atoms with van der Waals surface area (Å²) < 4.78 is 15.0. The molecule has 5 nitrogen and oxygen atoms in total. The van der Waals surface area contributed by atoms with Crippen LogP contribution in [0.5, 0.6) is 0 Å². The van der Waals surface area contributed by atoms with Crippen LogP contribution in [-0.4, -0.2) is 52.1 Å². The standard InChI is InChI=1S/C11H23NO4/c1-9(2)12-10(11(13)15-4)8-16-7-5-6-14-3/h9-10,12H,5-8H2,1-4H3. The third-order valence-corrected chi connectivity index (χ3v) is 1.94. The Morgan fingerprint density at radius 1 is 1.25 bits per heavy atom. The highest BCUT2D eigenvalue weighted by Gasteiger charge is 2.19. The first-order chi connectivity index (χ1) is 7.61. The van der Waals surface area contributed by atoms with E-state index in [2.05, 4.69) is 10.1 Å². The zero-order valence-corrected chi connectivity index (χ0v) is 10.6. The number of ether oxygens (including phenoxy) is 3. The average Bonchev–Trinajstić information content (AvgIpc) is 2.25. The Morgan fingerprint density at radius 2 is 1.94 bits per heavy atom. The molecule has 0 aliphatic rings. The maximum atomic E-state index is 11.4. The van der Waals surface area contributed by atoms with Gasteiger partial charge in [-0.3, -0.25) is 4.79 Å². The van der Waals surface area contributed by atoms with Crippen LogP contribution in [0.4, 0.5) is 0 Å². The monoisotopic (exact) mass is 233 g/mol. The lowest BCUT2D eigenvalue weighted by Crippen LogP contribution is -2.44. The fraction of sp³-hybridized carbons (Fsp3) is 0.909. The van der Waals surface area contributed by atoms with E-state index in [0.717, 1.165) is 6.42 Å². The molecule has 16 heavy (non-hydrogen) atoms. The summed E-state index contributed by atoms with van der Waals surface area (Å²) in [6.45, 7) is 5.53. The van der Waals surface area contributed by atoms with Crippen molar-refractivity contribution in [3.05, 3.63) is 0 Å². The SMILES string of the molecule is COCCCOCC(NC(C)C)C(=O)OC. The Balaban J connectivity index is 3.79. The summed E-state index contributed by atoms with van der Waals surface area (Å²) >= 11 is 0. The Kier molecular flexibility index (Phi) is 9.18. The smallest absolute Gasteiger partial charge is 0.325 e. The zero-order chi connectivity index (χ0) is 12.4. The Labute approximate surface area is 97.4 Å². The number of rotatable bonds is 9. The quantitative estimate of drug-likeness (QED) is 0.466. The van der Waals surface area contributed by atoms with Crippen LogP contribution < -0.4 is 5.32 Å². The van der Waals surface area contributed by atoms with E-state index in [9.17, 15) is 4.79 Å². The van der Waals surface area contributed by atoms with Crippen molar-refractivity contribution in [2.75, 3.05) is 34.0 Å². The highest BCUT2D eigenvalue weighted by atomic mass is 16.5. The van der Waals surface area contributed by atoms with Crippen molar-refractivity contribution >= 4 is 5.97 Å². The van der Waals surface area contributed by atoms with Crippen LogP contribution in [0.15, 0.2) is 0 Å². The predicted octanol–water partition coefficient (Wildman–Crippen LogP) is 0.579. The topological polar surface area (TPSA) is 56.8 Å². The van der Waals surface area contributed by atoms with Crippen molar-refractivity contribution in [3.63, 3.8) is 0 Å². The molecule has 0 aromatic heterocycles. The van der Waals surface area contributed by atoms with Gasteiger partial charge in [-0.15, -0.1) is 0 Å². The molecule has 0 heterocycles. The summed E-state index contributed by atoms with van der Waals surface area (Å²) in [4.78, 5) is 11.4. The molecule has 0 amide bonds. The van der Waals surface area contributed by atoms with Gasteiger partial charge in [0.1, 0.15) is 6.04 Å². The Morgan fingerprint density at radius 3 is 2.44 bits per heavy atom. The van der Waals surface area contributed by atoms with Gasteiger partial charge in [-0.05, 0) is 6.42 Å². The van der Waals surface area contributed by atoms with Crippen molar-refractivity contribution < 1.29 is 19.0 Å². The van der Waals surface area contributed by atoms with Crippen molar-refractivity contribution in [2.45, 2.75) is 32.4 Å². The second-order valence-electron chi connectivity index (χ2n) is 3.82. The summed E-state index contributed by atoms with van der Waals surface area (Å²) in [5.74, 6) is -0.291. The normalized spacial score (nSPS) is 12.8. The van der Waals surface area contributed by atoms with Gasteiger partial charge in [0.15, 0.2) is 0 Å². The first-order valence-electron chi connectivity index (χ1n) is 5.52. The van der Waals surface area contributed by atoms with E-state index in [1.807, 2.05) is 13.8 Å². The second-order valence-corrected chi connectivity index (χ2v) is 3.82. The molecule has 0 aliphatic carbocycles. The second kappa shape index (κ2) is 9.57. The molecule has 0 bridgehead atoms. The highest BCUT2D eigenvalue weighted by Crippen LogP contribution is 1.94. The van der Waals surface area contributed by atoms with Gasteiger partial charge >= 0.3 is 5.97 Å². The minimum absolute atomic E-state index is 0.215. The molecular formula is C11H23NO4. The van der Waals surface area contributed by atoms with Crippen LogP contribution >= 0.6 is 0 Å². The van der Waals surface area contributed by atoms with Crippen LogP contribution in [0, 0.1) is 0 Å². The van der Waals surface area contributed by atoms with Crippen LogP contribution in [0.3, 0.4) is 0 Å². The summed E-state index contributed by atoms with van der Waals surface area (Å²) in [6.07, 6.45) is 0.825. The Hall–Kier alpha value is -0.650. The fourth-order valence-corrected chi connectivity index (χ4v) is 1.24. The van der Waals surface area contributed by atoms with Crippen molar-refractivity contribution in [1.29, 1.82) is 0 Å². The van der Waals surface area contributed by atoms with E-state index in [-0.39, 0.29) is 12.0 Å². The van der Waals surface area contributed by atoms with E-state index >= 15 is 0 Å². The van der Waals surface area contributed by atoms with E-state index in [0.29, 0.717) is 19.8 Å². The number of methoxy groups -OCH3 is 2. The van der Waals surface area contributed by atoms with Gasteiger partial charge in [-0.25, -0.2) is 0 Å². The van der Waals surface area contributed by atoms with Gasteiger partial charge in [0.2, 0.25) is 0 Å². The van der Waals surface area contributed by atoms with Crippen molar-refractivity contribution in [2.24, 2.45) is 0 Å². The molecule has 1 unspecified atom stereocenters. The molecule has 0 aromatic carbocycles. The third kappa shape index (κ3) is 7.62. The van der Waals surface area contributed by atoms with Gasteiger partial charge in [-0.1, -0.05) is 13.8 Å². The summed E-state index contributed by atoms with van der Waals surface area (Å²) in [6, 6.07) is -0.181. The lowest BCUT2D eigenvalue weighted by molar-refractivity contribution is -0.145. The van der Waals surface area contributed by atoms with Crippen LogP contribution in [0.25, 0.3) is 0 Å². The number of nitrogens with one attached hydrogen (secondary N) is 1. The molecule has 0 aliphatic heterocycles. The molecule has 0 saturated carbocycles. The molecule has 0 spiro atoms. The number of hydrogen-bond donors (Lipinski definition) is 1. The van der Waals surface area contributed by atoms with Crippen LogP contribution in [0.1, 0.15) is 20.3 Å². The van der Waals surface area contributed by atoms with Gasteiger partial charge in [0, 0.05) is 26.4 Å². The van der Waals surface area contributed by atoms with Gasteiger partial charge in [0.25, 0.3) is 0 Å². The molecule has 0 fully saturated rings. The molecule has 0 radical (unpaired) electrons. The summed E-state index contributed by atoms with van der Waals surface area (Å²) in [5.41, 5.74) is 0. The zero-order valence-electron chi connectivity index (χ0n) is 10.6. The van der Waals surface area contributed by atoms with E-state index in [1.54, 1.807) is 7.11 Å². The minimum atomic E-state index is -0.396. The van der Waals surface area contributed by atoms with Gasteiger partial charge in [-0.2, -0.15) is 0 Å². The molecule has 0 rings (SSSR count). The van der Waals surface area contributed by atoms with E-state index in [4.69, 9.17) is 9.47 Å². The number of hydrogen-bond acceptors (Lipinski definition) is 5. The van der Waals surface area contributed by atoms with Crippen LogP contribution in [-0.2, 0) is 19.0 Å². The van der Waals surface area contributed by atoms with E-state index < -0.39 is 6.04 Å². The first kappa shape index (κ1) is 15.3. The van der Waals surface area contributed by atoms with Crippen molar-refractivity contribution in [1.82, 2.24) is 5.32 Å². The molecule has 1 atom stereocenters. The highest BCUT2D eigenvalue weighted by molar-refractivity contribution is 5.75. The number of carbonyl (C=O) groups excluding carboxylic acids is 1. The summed E-state index contributed by atoms with van der Waals surface area (Å²) in [5, 5.41) is 3.09. The molecule has 0 aromatic rings. The molecule has 96 valence electrons. The predicted molar refractivity (Wildman–Crippen MR) is 61.4 cm³/mol. The maximum Gasteiger partial charge on any atom is 0.325 e. The third-order valence-electron chi connectivity index (χ3n) is 1.94. The van der Waals surface area contributed by atoms with Crippen LogP contribution in [0.2, 0.25) is 0 Å². The van der Waals surface area contributed by atoms with Gasteiger partial charge < -0.3 is 19.5 Å². The maximum absolute atomic E-state index is 11.4. The lowest BCUT2D eigenvalue weighted by Gasteiger charge is -2.18. The average molecular weight is 233 g/mol. The number of carbonyl (C=O) groups is 1. The Bertz CT molecular complexity index is 185. The molecule has 0 saturated heterocycles. The van der Waals surface area contributed by atoms with Crippen molar-refractivity contribution in [3.8, 4) is 0 Å². The first-order valence-corrected chi connectivity index (χ1v) is 5.52.